The Morgan fingerprint density at radius 3 is 2.41 bits per heavy atom. The van der Waals surface area contributed by atoms with Crippen molar-refractivity contribution in [3.63, 3.8) is 0 Å². The molecule has 0 saturated carbocycles. The standard InChI is InChI=1S/C19H16O2Se/c1-19(2,20)13-12-16-15-10-6-7-11-17(15)21-18(16)22-14-8-4-3-5-9-14/h3-11,20H,1-2H3. The normalized spacial score (nSPS) is 11.2. The van der Waals surface area contributed by atoms with Gasteiger partial charge in [0.25, 0.3) is 0 Å². The van der Waals surface area contributed by atoms with Gasteiger partial charge in [-0.2, -0.15) is 0 Å². The van der Waals surface area contributed by atoms with Gasteiger partial charge >= 0.3 is 136 Å². The van der Waals surface area contributed by atoms with Gasteiger partial charge in [0.1, 0.15) is 0 Å². The first-order valence-electron chi connectivity index (χ1n) is 7.03. The Labute approximate surface area is 136 Å². The summed E-state index contributed by atoms with van der Waals surface area (Å²) in [5.74, 6) is 6.02. The van der Waals surface area contributed by atoms with Gasteiger partial charge in [0.15, 0.2) is 0 Å². The van der Waals surface area contributed by atoms with Gasteiger partial charge in [0.2, 0.25) is 0 Å². The van der Waals surface area contributed by atoms with Gasteiger partial charge in [-0.25, -0.2) is 0 Å². The minimum atomic E-state index is -1.02. The fraction of sp³-hybridized carbons (Fsp3) is 0.158. The zero-order valence-electron chi connectivity index (χ0n) is 12.5. The molecule has 1 heterocycles. The Kier molecular flexibility index (Phi) is 4.09. The maximum absolute atomic E-state index is 9.87. The molecule has 0 aliphatic rings. The molecule has 0 radical (unpaired) electrons. The Balaban J connectivity index is 2.10. The van der Waals surface area contributed by atoms with E-state index in [1.165, 1.54) is 4.46 Å². The predicted molar refractivity (Wildman–Crippen MR) is 90.9 cm³/mol. The number of hydrogen-bond acceptors (Lipinski definition) is 2. The minimum absolute atomic E-state index is 0.0455. The van der Waals surface area contributed by atoms with E-state index in [4.69, 9.17) is 4.42 Å². The van der Waals surface area contributed by atoms with E-state index < -0.39 is 5.60 Å². The molecule has 1 N–H and O–H groups in total. The third kappa shape index (κ3) is 3.43. The van der Waals surface area contributed by atoms with Crippen molar-refractivity contribution in [1.82, 2.24) is 0 Å². The summed E-state index contributed by atoms with van der Waals surface area (Å²) in [6.07, 6.45) is 0. The summed E-state index contributed by atoms with van der Waals surface area (Å²) in [7, 11) is 0. The van der Waals surface area contributed by atoms with Crippen molar-refractivity contribution < 1.29 is 9.52 Å². The number of para-hydroxylation sites is 1. The van der Waals surface area contributed by atoms with Crippen molar-refractivity contribution in [2.75, 3.05) is 0 Å². The summed E-state index contributed by atoms with van der Waals surface area (Å²) in [4.78, 5) is 0. The zero-order valence-corrected chi connectivity index (χ0v) is 14.2. The Hall–Kier alpha value is -1.98. The van der Waals surface area contributed by atoms with Crippen LogP contribution in [-0.2, 0) is 0 Å². The molecule has 0 atom stereocenters. The molecule has 22 heavy (non-hydrogen) atoms. The van der Waals surface area contributed by atoms with Crippen LogP contribution in [0.25, 0.3) is 11.0 Å². The molecule has 0 fully saturated rings. The third-order valence-electron chi connectivity index (χ3n) is 3.01. The van der Waals surface area contributed by atoms with Crippen molar-refractivity contribution in [3.8, 4) is 11.8 Å². The molecule has 0 aliphatic carbocycles. The van der Waals surface area contributed by atoms with E-state index in [-0.39, 0.29) is 15.0 Å². The number of benzene rings is 2. The molecule has 0 aliphatic heterocycles. The quantitative estimate of drug-likeness (QED) is 0.565. The van der Waals surface area contributed by atoms with Crippen molar-refractivity contribution in [3.05, 3.63) is 60.2 Å². The Morgan fingerprint density at radius 2 is 1.68 bits per heavy atom. The molecular weight excluding hydrogens is 339 g/mol. The molecule has 1 aromatic heterocycles. The number of aliphatic hydroxyl groups is 1. The van der Waals surface area contributed by atoms with Crippen molar-refractivity contribution in [1.29, 1.82) is 0 Å². The summed E-state index contributed by atoms with van der Waals surface area (Å²) in [5, 5.41) is 10.9. The predicted octanol–water partition coefficient (Wildman–Crippen LogP) is 2.21. The number of hydrogen-bond donors (Lipinski definition) is 1. The van der Waals surface area contributed by atoms with Crippen LogP contribution in [-0.4, -0.2) is 25.7 Å². The van der Waals surface area contributed by atoms with Crippen LogP contribution in [0.15, 0.2) is 59.0 Å². The van der Waals surface area contributed by atoms with Crippen LogP contribution in [0.1, 0.15) is 19.4 Å². The van der Waals surface area contributed by atoms with E-state index in [1.54, 1.807) is 13.8 Å². The summed E-state index contributed by atoms with van der Waals surface area (Å²) in [6, 6.07) is 18.2. The fourth-order valence-corrected chi connectivity index (χ4v) is 3.92. The van der Waals surface area contributed by atoms with Gasteiger partial charge in [0, 0.05) is 0 Å². The molecule has 3 aromatic rings. The molecule has 0 spiro atoms. The topological polar surface area (TPSA) is 33.4 Å². The fourth-order valence-electron chi connectivity index (χ4n) is 2.02. The SMILES string of the molecule is CC(C)(O)C#Cc1c([Se]c2ccccc2)oc2ccccc12. The average molecular weight is 355 g/mol. The second kappa shape index (κ2) is 6.02. The summed E-state index contributed by atoms with van der Waals surface area (Å²) < 4.78 is 8.15. The van der Waals surface area contributed by atoms with Crippen molar-refractivity contribution in [2.24, 2.45) is 0 Å². The van der Waals surface area contributed by atoms with E-state index >= 15 is 0 Å². The van der Waals surface area contributed by atoms with Gasteiger partial charge in [0.05, 0.1) is 0 Å². The zero-order chi connectivity index (χ0) is 15.6. The van der Waals surface area contributed by atoms with Crippen LogP contribution < -0.4 is 9.12 Å². The first-order valence-corrected chi connectivity index (χ1v) is 8.74. The van der Waals surface area contributed by atoms with Gasteiger partial charge in [-0.3, -0.25) is 0 Å². The number of fused-ring (bicyclic) bond motifs is 1. The number of rotatable bonds is 2. The van der Waals surface area contributed by atoms with Gasteiger partial charge in [-0.1, -0.05) is 0 Å². The summed E-state index contributed by atoms with van der Waals surface area (Å²) in [5.41, 5.74) is 0.715. The second-order valence-electron chi connectivity index (χ2n) is 5.48. The average Bonchev–Trinajstić information content (AvgIpc) is 2.82. The van der Waals surface area contributed by atoms with Crippen LogP contribution in [0.4, 0.5) is 0 Å². The van der Waals surface area contributed by atoms with Crippen LogP contribution in [0.2, 0.25) is 0 Å². The summed E-state index contributed by atoms with van der Waals surface area (Å²) in [6.45, 7) is 3.37. The van der Waals surface area contributed by atoms with Crippen molar-refractivity contribution in [2.45, 2.75) is 19.4 Å². The first kappa shape index (κ1) is 14.9. The molecule has 0 saturated heterocycles. The van der Waals surface area contributed by atoms with Gasteiger partial charge in [-0.15, -0.1) is 0 Å². The molecule has 3 rings (SSSR count). The second-order valence-corrected chi connectivity index (χ2v) is 7.68. The molecule has 2 aromatic carbocycles. The number of furan rings is 1. The van der Waals surface area contributed by atoms with E-state index in [2.05, 4.69) is 24.0 Å². The van der Waals surface area contributed by atoms with Crippen LogP contribution in [0.5, 0.6) is 0 Å². The molecule has 0 amide bonds. The molecule has 0 bridgehead atoms. The van der Waals surface area contributed by atoms with Crippen molar-refractivity contribution >= 4 is 35.0 Å². The summed E-state index contributed by atoms with van der Waals surface area (Å²) >= 11 is 0.0455. The first-order chi connectivity index (χ1) is 10.5. The Morgan fingerprint density at radius 1 is 1.00 bits per heavy atom. The third-order valence-corrected chi connectivity index (χ3v) is 5.07. The van der Waals surface area contributed by atoms with Crippen LogP contribution >= 0.6 is 0 Å². The van der Waals surface area contributed by atoms with E-state index in [1.807, 2.05) is 42.5 Å². The van der Waals surface area contributed by atoms with E-state index in [9.17, 15) is 5.11 Å². The van der Waals surface area contributed by atoms with E-state index in [0.717, 1.165) is 21.2 Å². The van der Waals surface area contributed by atoms with Crippen LogP contribution in [0, 0.1) is 11.8 Å². The van der Waals surface area contributed by atoms with E-state index in [0.29, 0.717) is 0 Å². The maximum atomic E-state index is 9.87. The van der Waals surface area contributed by atoms with Crippen LogP contribution in [0.3, 0.4) is 0 Å². The monoisotopic (exact) mass is 356 g/mol. The molecule has 0 unspecified atom stereocenters. The molecule has 110 valence electrons. The van der Waals surface area contributed by atoms with Gasteiger partial charge < -0.3 is 0 Å². The molecule has 2 nitrogen and oxygen atoms in total. The molecular formula is C19H16O2Se. The Bertz CT molecular complexity index is 846. The molecule has 3 heteroatoms. The van der Waals surface area contributed by atoms with Gasteiger partial charge in [-0.05, 0) is 0 Å².